The van der Waals surface area contributed by atoms with Gasteiger partial charge in [0.15, 0.2) is 0 Å². The molecule has 1 aromatic heterocycles. The van der Waals surface area contributed by atoms with Crippen molar-refractivity contribution in [3.8, 4) is 33.9 Å². The topological polar surface area (TPSA) is 59.4 Å². The highest BCUT2D eigenvalue weighted by atomic mass is 35.5. The molecule has 0 unspecified atom stereocenters. The summed E-state index contributed by atoms with van der Waals surface area (Å²) in [6.45, 7) is 0. The predicted molar refractivity (Wildman–Crippen MR) is 150 cm³/mol. The number of hydrogen-bond donors (Lipinski definition) is 1. The van der Waals surface area contributed by atoms with E-state index < -0.39 is 6.03 Å². The highest BCUT2D eigenvalue weighted by molar-refractivity contribution is 6.30. The summed E-state index contributed by atoms with van der Waals surface area (Å²) in [6, 6.07) is 27.6. The lowest BCUT2D eigenvalue weighted by Crippen LogP contribution is -2.19. The molecule has 1 N–H and O–H groups in total. The summed E-state index contributed by atoms with van der Waals surface area (Å²) in [7, 11) is 3.96. The minimum atomic E-state index is -0.443. The Morgan fingerprint density at radius 1 is 0.842 bits per heavy atom. The number of anilines is 2. The normalized spacial score (nSPS) is 10.7. The average molecular weight is 527 g/mol. The molecule has 0 aliphatic heterocycles. The van der Waals surface area contributed by atoms with Crippen LogP contribution >= 0.6 is 11.6 Å². The van der Waals surface area contributed by atoms with E-state index in [4.69, 9.17) is 16.3 Å². The molecule has 1 amide bonds. The predicted octanol–water partition coefficient (Wildman–Crippen LogP) is 7.95. The molecule has 0 saturated heterocycles. The fraction of sp³-hybridized carbons (Fsp3) is 0.0667. The molecule has 0 saturated carbocycles. The molecule has 4 aromatic carbocycles. The molecular formula is C30H24ClFN4O2. The summed E-state index contributed by atoms with van der Waals surface area (Å²) < 4.78 is 20.7. The molecule has 5 rings (SSSR count). The molecule has 1 heterocycles. The molecule has 0 aliphatic carbocycles. The van der Waals surface area contributed by atoms with Gasteiger partial charge >= 0.3 is 6.03 Å². The minimum absolute atomic E-state index is 0.343. The Morgan fingerprint density at radius 3 is 2.03 bits per heavy atom. The molecule has 38 heavy (non-hydrogen) atoms. The number of aromatic nitrogens is 2. The number of benzene rings is 4. The van der Waals surface area contributed by atoms with Gasteiger partial charge in [0, 0.05) is 47.8 Å². The number of halogens is 2. The molecule has 0 fully saturated rings. The SMILES string of the molecule is CN(C)c1ccc(Oc2ccc(NC(=O)n3cc(-c4ccc(F)cc4)c(-c4ccc(Cl)cc4)n3)cc2)cc1. The van der Waals surface area contributed by atoms with Gasteiger partial charge in [0.2, 0.25) is 0 Å². The third-order valence-corrected chi connectivity index (χ3v) is 6.14. The van der Waals surface area contributed by atoms with Gasteiger partial charge < -0.3 is 15.0 Å². The highest BCUT2D eigenvalue weighted by Crippen LogP contribution is 2.32. The van der Waals surface area contributed by atoms with E-state index in [1.54, 1.807) is 54.7 Å². The van der Waals surface area contributed by atoms with Crippen molar-refractivity contribution in [1.82, 2.24) is 9.78 Å². The van der Waals surface area contributed by atoms with Crippen molar-refractivity contribution in [2.75, 3.05) is 24.3 Å². The fourth-order valence-corrected chi connectivity index (χ4v) is 4.00. The zero-order valence-electron chi connectivity index (χ0n) is 20.7. The summed E-state index contributed by atoms with van der Waals surface area (Å²) in [5, 5.41) is 7.98. The maximum Gasteiger partial charge on any atom is 0.346 e. The van der Waals surface area contributed by atoms with E-state index in [2.05, 4.69) is 10.4 Å². The molecule has 0 bridgehead atoms. The van der Waals surface area contributed by atoms with Gasteiger partial charge in [0.1, 0.15) is 23.0 Å². The van der Waals surface area contributed by atoms with Gasteiger partial charge in [-0.15, -0.1) is 0 Å². The van der Waals surface area contributed by atoms with Crippen LogP contribution in [0.1, 0.15) is 0 Å². The van der Waals surface area contributed by atoms with Crippen molar-refractivity contribution in [2.45, 2.75) is 0 Å². The van der Waals surface area contributed by atoms with E-state index in [1.165, 1.54) is 16.8 Å². The van der Waals surface area contributed by atoms with Crippen molar-refractivity contribution < 1.29 is 13.9 Å². The fourth-order valence-electron chi connectivity index (χ4n) is 3.88. The van der Waals surface area contributed by atoms with Crippen LogP contribution < -0.4 is 15.0 Å². The number of amides is 1. The second-order valence-corrected chi connectivity index (χ2v) is 9.23. The molecule has 0 spiro atoms. The molecular weight excluding hydrogens is 503 g/mol. The molecule has 6 nitrogen and oxygen atoms in total. The van der Waals surface area contributed by atoms with Crippen LogP contribution in [-0.2, 0) is 0 Å². The first kappa shape index (κ1) is 25.0. The Morgan fingerprint density at radius 2 is 1.42 bits per heavy atom. The lowest BCUT2D eigenvalue weighted by atomic mass is 10.0. The Balaban J connectivity index is 1.35. The van der Waals surface area contributed by atoms with Crippen LogP contribution in [0, 0.1) is 5.82 Å². The van der Waals surface area contributed by atoms with E-state index in [9.17, 15) is 9.18 Å². The van der Waals surface area contributed by atoms with Crippen LogP contribution in [0.15, 0.2) is 103 Å². The van der Waals surface area contributed by atoms with Crippen molar-refractivity contribution in [1.29, 1.82) is 0 Å². The van der Waals surface area contributed by atoms with Crippen molar-refractivity contribution in [3.05, 3.63) is 114 Å². The monoisotopic (exact) mass is 526 g/mol. The van der Waals surface area contributed by atoms with Crippen LogP contribution in [0.4, 0.5) is 20.6 Å². The summed E-state index contributed by atoms with van der Waals surface area (Å²) in [6.07, 6.45) is 1.63. The second-order valence-electron chi connectivity index (χ2n) is 8.79. The van der Waals surface area contributed by atoms with Crippen LogP contribution in [-0.4, -0.2) is 29.9 Å². The average Bonchev–Trinajstić information content (AvgIpc) is 3.37. The largest absolute Gasteiger partial charge is 0.457 e. The van der Waals surface area contributed by atoms with Gasteiger partial charge in [-0.3, -0.25) is 0 Å². The van der Waals surface area contributed by atoms with Crippen molar-refractivity contribution >= 4 is 29.0 Å². The number of nitrogens with one attached hydrogen (secondary N) is 1. The number of nitrogens with zero attached hydrogens (tertiary/aromatic N) is 3. The van der Waals surface area contributed by atoms with Crippen LogP contribution in [0.2, 0.25) is 5.02 Å². The molecule has 5 aromatic rings. The molecule has 0 aliphatic rings. The Bertz CT molecular complexity index is 1480. The second kappa shape index (κ2) is 10.8. The van der Waals surface area contributed by atoms with Gasteiger partial charge in [-0.1, -0.05) is 35.9 Å². The first-order valence-corrected chi connectivity index (χ1v) is 12.2. The van der Waals surface area contributed by atoms with Gasteiger partial charge in [0.25, 0.3) is 0 Å². The number of carbonyl (C=O) groups is 1. The van der Waals surface area contributed by atoms with E-state index in [-0.39, 0.29) is 5.82 Å². The molecule has 0 radical (unpaired) electrons. The maximum absolute atomic E-state index is 13.5. The van der Waals surface area contributed by atoms with Gasteiger partial charge in [0.05, 0.1) is 0 Å². The molecule has 8 heteroatoms. The Kier molecular flexibility index (Phi) is 7.11. The third-order valence-electron chi connectivity index (χ3n) is 5.89. The highest BCUT2D eigenvalue weighted by Gasteiger charge is 2.17. The lowest BCUT2D eigenvalue weighted by Gasteiger charge is -2.13. The number of rotatable bonds is 6. The van der Waals surface area contributed by atoms with Gasteiger partial charge in [-0.2, -0.15) is 9.78 Å². The zero-order chi connectivity index (χ0) is 26.6. The van der Waals surface area contributed by atoms with E-state index in [0.29, 0.717) is 33.5 Å². The van der Waals surface area contributed by atoms with Gasteiger partial charge in [-0.25, -0.2) is 9.18 Å². The van der Waals surface area contributed by atoms with E-state index in [1.807, 2.05) is 55.4 Å². The van der Waals surface area contributed by atoms with Crippen molar-refractivity contribution in [2.24, 2.45) is 0 Å². The third kappa shape index (κ3) is 5.68. The number of hydrogen-bond acceptors (Lipinski definition) is 4. The van der Waals surface area contributed by atoms with Crippen molar-refractivity contribution in [3.63, 3.8) is 0 Å². The molecule has 0 atom stereocenters. The summed E-state index contributed by atoms with van der Waals surface area (Å²) in [5.41, 5.74) is 4.43. The quantitative estimate of drug-likeness (QED) is 0.244. The lowest BCUT2D eigenvalue weighted by molar-refractivity contribution is 0.251. The summed E-state index contributed by atoms with van der Waals surface area (Å²) >= 11 is 6.05. The van der Waals surface area contributed by atoms with Crippen LogP contribution in [0.25, 0.3) is 22.4 Å². The van der Waals surface area contributed by atoms with Gasteiger partial charge in [-0.05, 0) is 78.4 Å². The Hall–Kier alpha value is -4.62. The van der Waals surface area contributed by atoms with E-state index >= 15 is 0 Å². The minimum Gasteiger partial charge on any atom is -0.457 e. The standard InChI is InChI=1S/C30H24ClFN4O2/c1-35(2)25-13-17-27(18-14-25)38-26-15-11-24(12-16-26)33-30(37)36-19-28(20-5-9-23(32)10-6-20)29(34-36)21-3-7-22(31)8-4-21/h3-19H,1-2H3,(H,33,37). The zero-order valence-corrected chi connectivity index (χ0v) is 21.5. The number of carbonyl (C=O) groups excluding carboxylic acids is 1. The summed E-state index contributed by atoms with van der Waals surface area (Å²) in [4.78, 5) is 15.1. The number of ether oxygens (including phenoxy) is 1. The first-order valence-electron chi connectivity index (χ1n) is 11.8. The van der Waals surface area contributed by atoms with Crippen LogP contribution in [0.5, 0.6) is 11.5 Å². The van der Waals surface area contributed by atoms with E-state index in [0.717, 1.165) is 16.8 Å². The molecule has 190 valence electrons. The maximum atomic E-state index is 13.5. The van der Waals surface area contributed by atoms with Crippen LogP contribution in [0.3, 0.4) is 0 Å². The Labute approximate surface area is 224 Å². The summed E-state index contributed by atoms with van der Waals surface area (Å²) in [5.74, 6) is 1.01. The smallest absolute Gasteiger partial charge is 0.346 e. The first-order chi connectivity index (χ1) is 18.4.